The predicted octanol–water partition coefficient (Wildman–Crippen LogP) is 4.64. The number of imide groups is 1. The second-order valence-corrected chi connectivity index (χ2v) is 12.9. The van der Waals surface area contributed by atoms with E-state index >= 15 is 0 Å². The van der Waals surface area contributed by atoms with Gasteiger partial charge < -0.3 is 14.6 Å². The van der Waals surface area contributed by atoms with Crippen LogP contribution in [0.2, 0.25) is 0 Å². The number of hydrogen-bond acceptors (Lipinski definition) is 6. The SMILES string of the molecule is CC1(C)C2CCC1(C)C(NCc1ccc(CSc3cccc4c3CN(C3CCC(=O)NC3=O)C4=O)o1)C2. The fourth-order valence-electron chi connectivity index (χ4n) is 7.17. The summed E-state index contributed by atoms with van der Waals surface area (Å²) in [6.07, 6.45) is 4.53. The number of thioether (sulfide) groups is 1. The van der Waals surface area contributed by atoms with E-state index < -0.39 is 6.04 Å². The van der Waals surface area contributed by atoms with E-state index in [1.54, 1.807) is 16.7 Å². The van der Waals surface area contributed by atoms with Crippen LogP contribution in [0.15, 0.2) is 39.6 Å². The molecule has 1 aromatic heterocycles. The molecular formula is C29H35N3O4S. The van der Waals surface area contributed by atoms with Gasteiger partial charge in [0.15, 0.2) is 0 Å². The Kier molecular flexibility index (Phi) is 6.03. The molecule has 2 aliphatic carbocycles. The molecule has 2 aliphatic heterocycles. The van der Waals surface area contributed by atoms with Gasteiger partial charge in [-0.05, 0) is 72.3 Å². The third-order valence-electron chi connectivity index (χ3n) is 9.94. The lowest BCUT2D eigenvalue weighted by Gasteiger charge is -2.39. The first-order chi connectivity index (χ1) is 17.7. The number of rotatable bonds is 7. The second kappa shape index (κ2) is 9.02. The Morgan fingerprint density at radius 1 is 1.11 bits per heavy atom. The highest BCUT2D eigenvalue weighted by Gasteiger charge is 2.61. The predicted molar refractivity (Wildman–Crippen MR) is 141 cm³/mol. The van der Waals surface area contributed by atoms with E-state index in [9.17, 15) is 14.4 Å². The maximum atomic E-state index is 13.1. The molecule has 37 heavy (non-hydrogen) atoms. The summed E-state index contributed by atoms with van der Waals surface area (Å²) >= 11 is 1.65. The van der Waals surface area contributed by atoms with Crippen LogP contribution in [0.1, 0.15) is 80.3 Å². The topological polar surface area (TPSA) is 91.7 Å². The van der Waals surface area contributed by atoms with Crippen LogP contribution in [-0.4, -0.2) is 34.7 Å². The number of benzene rings is 1. The first kappa shape index (κ1) is 24.7. The molecule has 4 atom stereocenters. The summed E-state index contributed by atoms with van der Waals surface area (Å²) in [4.78, 5) is 39.6. The molecule has 3 amide bonds. The van der Waals surface area contributed by atoms with Crippen molar-refractivity contribution in [3.8, 4) is 0 Å². The number of carbonyl (C=O) groups excluding carboxylic acids is 3. The Balaban J connectivity index is 1.08. The van der Waals surface area contributed by atoms with Crippen LogP contribution in [-0.2, 0) is 28.4 Å². The van der Waals surface area contributed by atoms with E-state index in [2.05, 4.69) is 37.5 Å². The molecule has 0 radical (unpaired) electrons. The highest BCUT2D eigenvalue weighted by molar-refractivity contribution is 7.98. The van der Waals surface area contributed by atoms with Gasteiger partial charge in [0.1, 0.15) is 17.6 Å². The highest BCUT2D eigenvalue weighted by atomic mass is 32.2. The lowest BCUT2D eigenvalue weighted by molar-refractivity contribution is -0.136. The lowest BCUT2D eigenvalue weighted by Crippen LogP contribution is -2.52. The second-order valence-electron chi connectivity index (χ2n) is 11.9. The largest absolute Gasteiger partial charge is 0.464 e. The fourth-order valence-corrected chi connectivity index (χ4v) is 8.15. The van der Waals surface area contributed by atoms with Crippen molar-refractivity contribution in [3.63, 3.8) is 0 Å². The van der Waals surface area contributed by atoms with E-state index in [0.29, 0.717) is 41.2 Å². The van der Waals surface area contributed by atoms with Gasteiger partial charge in [0, 0.05) is 29.5 Å². The minimum absolute atomic E-state index is 0.143. The Morgan fingerprint density at radius 3 is 2.65 bits per heavy atom. The molecule has 8 heteroatoms. The summed E-state index contributed by atoms with van der Waals surface area (Å²) in [5, 5.41) is 6.16. The van der Waals surface area contributed by atoms with Gasteiger partial charge in [0.05, 0.1) is 12.3 Å². The molecule has 4 unspecified atom stereocenters. The zero-order chi connectivity index (χ0) is 25.9. The van der Waals surface area contributed by atoms with Crippen molar-refractivity contribution in [2.24, 2.45) is 16.7 Å². The number of amides is 3. The fraction of sp³-hybridized carbons (Fsp3) is 0.552. The van der Waals surface area contributed by atoms with Crippen LogP contribution in [0.4, 0.5) is 0 Å². The molecule has 7 nitrogen and oxygen atoms in total. The van der Waals surface area contributed by atoms with Gasteiger partial charge in [0.2, 0.25) is 11.8 Å². The van der Waals surface area contributed by atoms with Crippen LogP contribution in [0, 0.1) is 16.7 Å². The molecule has 0 spiro atoms. The van der Waals surface area contributed by atoms with E-state index in [1.165, 1.54) is 19.3 Å². The smallest absolute Gasteiger partial charge is 0.255 e. The maximum Gasteiger partial charge on any atom is 0.255 e. The number of piperidine rings is 1. The van der Waals surface area contributed by atoms with Crippen molar-refractivity contribution in [3.05, 3.63) is 53.0 Å². The Bertz CT molecular complexity index is 1270. The molecule has 3 fully saturated rings. The van der Waals surface area contributed by atoms with Crippen LogP contribution < -0.4 is 10.6 Å². The summed E-state index contributed by atoms with van der Waals surface area (Å²) in [5.41, 5.74) is 2.32. The summed E-state index contributed by atoms with van der Waals surface area (Å²) < 4.78 is 6.17. The summed E-state index contributed by atoms with van der Waals surface area (Å²) in [6.45, 7) is 8.45. The van der Waals surface area contributed by atoms with Crippen molar-refractivity contribution >= 4 is 29.5 Å². The third-order valence-corrected chi connectivity index (χ3v) is 11.1. The maximum absolute atomic E-state index is 13.1. The number of nitrogens with zero attached hydrogens (tertiary/aromatic N) is 1. The van der Waals surface area contributed by atoms with Crippen molar-refractivity contribution in [1.82, 2.24) is 15.5 Å². The van der Waals surface area contributed by atoms with Crippen LogP contribution in [0.5, 0.6) is 0 Å². The minimum Gasteiger partial charge on any atom is -0.464 e. The minimum atomic E-state index is -0.599. The van der Waals surface area contributed by atoms with Gasteiger partial charge in [-0.3, -0.25) is 19.7 Å². The van der Waals surface area contributed by atoms with E-state index in [1.807, 2.05) is 24.3 Å². The monoisotopic (exact) mass is 521 g/mol. The van der Waals surface area contributed by atoms with Crippen molar-refractivity contribution < 1.29 is 18.8 Å². The summed E-state index contributed by atoms with van der Waals surface area (Å²) in [7, 11) is 0. The van der Waals surface area contributed by atoms with Gasteiger partial charge in [-0.2, -0.15) is 0 Å². The number of hydrogen-bond donors (Lipinski definition) is 2. The average molecular weight is 522 g/mol. The number of fused-ring (bicyclic) bond motifs is 3. The molecule has 1 saturated heterocycles. The number of carbonyl (C=O) groups is 3. The molecule has 4 aliphatic rings. The van der Waals surface area contributed by atoms with Crippen LogP contribution in [0.3, 0.4) is 0 Å². The van der Waals surface area contributed by atoms with Gasteiger partial charge in [-0.25, -0.2) is 0 Å². The third kappa shape index (κ3) is 4.04. The first-order valence-corrected chi connectivity index (χ1v) is 14.4. The molecule has 1 aromatic carbocycles. The van der Waals surface area contributed by atoms with E-state index in [-0.39, 0.29) is 24.1 Å². The zero-order valence-corrected chi connectivity index (χ0v) is 22.6. The molecule has 2 bridgehead atoms. The number of furan rings is 1. The molecule has 2 saturated carbocycles. The lowest BCUT2D eigenvalue weighted by atomic mass is 9.69. The van der Waals surface area contributed by atoms with Crippen LogP contribution >= 0.6 is 11.8 Å². The standard InChI is InChI=1S/C29H35N3O4S/c1-28(2)17-11-12-29(28,3)24(13-17)30-14-18-7-8-19(36-18)16-37-23-6-4-5-20-21(23)15-32(27(20)35)22-9-10-25(33)31-26(22)34/h4-8,17,22,24,30H,9-16H2,1-3H3,(H,31,33,34). The molecule has 196 valence electrons. The Morgan fingerprint density at radius 2 is 1.92 bits per heavy atom. The molecule has 2 aromatic rings. The van der Waals surface area contributed by atoms with Crippen molar-refractivity contribution in [2.45, 2.75) is 88.7 Å². The zero-order valence-electron chi connectivity index (χ0n) is 21.8. The first-order valence-electron chi connectivity index (χ1n) is 13.4. The van der Waals surface area contributed by atoms with Gasteiger partial charge >= 0.3 is 0 Å². The Hall–Kier alpha value is -2.58. The Labute approximate surface area is 222 Å². The highest BCUT2D eigenvalue weighted by Crippen LogP contribution is 2.65. The van der Waals surface area contributed by atoms with Crippen molar-refractivity contribution in [1.29, 1.82) is 0 Å². The average Bonchev–Trinajstić information content (AvgIpc) is 3.56. The molecular weight excluding hydrogens is 486 g/mol. The molecule has 2 N–H and O–H groups in total. The number of nitrogens with one attached hydrogen (secondary N) is 2. The molecule has 3 heterocycles. The van der Waals surface area contributed by atoms with Gasteiger partial charge in [-0.15, -0.1) is 11.8 Å². The summed E-state index contributed by atoms with van der Waals surface area (Å²) in [6, 6.07) is 9.77. The van der Waals surface area contributed by atoms with Gasteiger partial charge in [0.25, 0.3) is 5.91 Å². The quantitative estimate of drug-likeness (QED) is 0.408. The van der Waals surface area contributed by atoms with Crippen LogP contribution in [0.25, 0.3) is 0 Å². The van der Waals surface area contributed by atoms with Gasteiger partial charge in [-0.1, -0.05) is 26.8 Å². The molecule has 6 rings (SSSR count). The van der Waals surface area contributed by atoms with Crippen molar-refractivity contribution in [2.75, 3.05) is 0 Å². The van der Waals surface area contributed by atoms with E-state index in [4.69, 9.17) is 4.42 Å². The van der Waals surface area contributed by atoms with E-state index in [0.717, 1.165) is 34.4 Å². The summed E-state index contributed by atoms with van der Waals surface area (Å²) in [5.74, 6) is 2.54. The normalized spacial score (nSPS) is 30.2.